The van der Waals surface area contributed by atoms with Crippen LogP contribution in [-0.4, -0.2) is 25.7 Å². The van der Waals surface area contributed by atoms with E-state index in [1.807, 2.05) is 0 Å². The van der Waals surface area contributed by atoms with Crippen LogP contribution in [0.1, 0.15) is 105 Å². The van der Waals surface area contributed by atoms with Gasteiger partial charge in [0.1, 0.15) is 0 Å². The molecule has 4 saturated carbocycles. The van der Waals surface area contributed by atoms with Crippen molar-refractivity contribution in [3.63, 3.8) is 0 Å². The van der Waals surface area contributed by atoms with Crippen molar-refractivity contribution in [3.8, 4) is 0 Å². The first-order chi connectivity index (χ1) is 14.0. The van der Waals surface area contributed by atoms with E-state index >= 15 is 0 Å². The van der Waals surface area contributed by atoms with Crippen molar-refractivity contribution < 1.29 is 0 Å². The molecule has 0 amide bonds. The van der Waals surface area contributed by atoms with Gasteiger partial charge in [-0.15, -0.1) is 12.4 Å². The van der Waals surface area contributed by atoms with Gasteiger partial charge in [-0.2, -0.15) is 0 Å². The summed E-state index contributed by atoms with van der Waals surface area (Å²) in [6.45, 7) is 13.1. The lowest BCUT2D eigenvalue weighted by molar-refractivity contribution is -0.0133. The monoisotopic (exact) mass is 440 g/mol. The maximum atomic E-state index is 3.96. The molecule has 2 nitrogen and oxygen atoms in total. The maximum Gasteiger partial charge on any atom is 0.0124 e. The van der Waals surface area contributed by atoms with E-state index in [0.717, 1.165) is 54.0 Å². The van der Waals surface area contributed by atoms with Crippen LogP contribution in [0.5, 0.6) is 0 Å². The van der Waals surface area contributed by atoms with Crippen LogP contribution >= 0.6 is 12.4 Å². The van der Waals surface area contributed by atoms with Crippen molar-refractivity contribution >= 4 is 12.4 Å². The minimum Gasteiger partial charge on any atom is -0.315 e. The second kappa shape index (κ2) is 13.7. The standard InChI is InChI=1S/C27H52N2.ClH/c1-20(2)7-5-8-21(3)9-6-10-22(4)11-12-28-13-14-29-27-25-16-23-15-24(18-25)19-26(27)17-23;/h20-29H,5-19H2,1-4H3;1H. The zero-order valence-electron chi connectivity index (χ0n) is 20.6. The Bertz CT molecular complexity index is 424. The molecule has 0 aromatic rings. The van der Waals surface area contributed by atoms with Gasteiger partial charge in [-0.3, -0.25) is 0 Å². The fraction of sp³-hybridized carbons (Fsp3) is 1.00. The van der Waals surface area contributed by atoms with Gasteiger partial charge in [0.2, 0.25) is 0 Å². The molecule has 0 saturated heterocycles. The van der Waals surface area contributed by atoms with Crippen molar-refractivity contribution in [2.45, 2.75) is 111 Å². The van der Waals surface area contributed by atoms with Gasteiger partial charge < -0.3 is 10.6 Å². The summed E-state index contributed by atoms with van der Waals surface area (Å²) in [5.74, 6) is 6.89. The maximum absolute atomic E-state index is 3.96. The first-order valence-electron chi connectivity index (χ1n) is 13.4. The zero-order valence-corrected chi connectivity index (χ0v) is 21.5. The molecule has 0 spiro atoms. The van der Waals surface area contributed by atoms with Crippen LogP contribution in [0.3, 0.4) is 0 Å². The average Bonchev–Trinajstić information content (AvgIpc) is 2.65. The van der Waals surface area contributed by atoms with E-state index in [2.05, 4.69) is 38.3 Å². The van der Waals surface area contributed by atoms with Gasteiger partial charge >= 0.3 is 0 Å². The summed E-state index contributed by atoms with van der Waals surface area (Å²) in [6.07, 6.45) is 17.6. The van der Waals surface area contributed by atoms with Crippen LogP contribution in [-0.2, 0) is 0 Å². The van der Waals surface area contributed by atoms with Gasteiger partial charge in [-0.25, -0.2) is 0 Å². The molecule has 0 radical (unpaired) electrons. The lowest BCUT2D eigenvalue weighted by atomic mass is 9.54. The molecular formula is C27H53ClN2. The second-order valence-corrected chi connectivity index (χ2v) is 11.9. The van der Waals surface area contributed by atoms with Gasteiger partial charge in [-0.1, -0.05) is 66.2 Å². The Morgan fingerprint density at radius 3 is 1.73 bits per heavy atom. The molecule has 0 aromatic heterocycles. The van der Waals surface area contributed by atoms with Crippen LogP contribution in [0, 0.1) is 41.4 Å². The minimum absolute atomic E-state index is 0. The van der Waals surface area contributed by atoms with E-state index in [9.17, 15) is 0 Å². The molecule has 178 valence electrons. The van der Waals surface area contributed by atoms with Crippen molar-refractivity contribution in [1.82, 2.24) is 10.6 Å². The smallest absolute Gasteiger partial charge is 0.0124 e. The number of hydrogen-bond acceptors (Lipinski definition) is 2. The zero-order chi connectivity index (χ0) is 20.6. The first kappa shape index (κ1) is 26.5. The van der Waals surface area contributed by atoms with Crippen LogP contribution in [0.25, 0.3) is 0 Å². The molecule has 0 aromatic carbocycles. The predicted molar refractivity (Wildman–Crippen MR) is 134 cm³/mol. The molecular weight excluding hydrogens is 388 g/mol. The highest BCUT2D eigenvalue weighted by Gasteiger charge is 2.47. The highest BCUT2D eigenvalue weighted by molar-refractivity contribution is 5.85. The average molecular weight is 441 g/mol. The fourth-order valence-corrected chi connectivity index (χ4v) is 7.04. The van der Waals surface area contributed by atoms with Gasteiger partial charge in [0.25, 0.3) is 0 Å². The van der Waals surface area contributed by atoms with E-state index in [1.165, 1.54) is 83.7 Å². The van der Waals surface area contributed by atoms with Gasteiger partial charge in [-0.05, 0) is 86.5 Å². The van der Waals surface area contributed by atoms with E-state index in [4.69, 9.17) is 0 Å². The molecule has 0 aliphatic heterocycles. The lowest BCUT2D eigenvalue weighted by Crippen LogP contribution is -2.55. The third kappa shape index (κ3) is 8.62. The van der Waals surface area contributed by atoms with Crippen molar-refractivity contribution in [3.05, 3.63) is 0 Å². The number of nitrogens with one attached hydrogen (secondary N) is 2. The Kier molecular flexibility index (Phi) is 12.1. The fourth-order valence-electron chi connectivity index (χ4n) is 7.04. The molecule has 4 fully saturated rings. The Morgan fingerprint density at radius 2 is 1.17 bits per heavy atom. The van der Waals surface area contributed by atoms with E-state index < -0.39 is 0 Å². The van der Waals surface area contributed by atoms with Crippen LogP contribution < -0.4 is 10.6 Å². The Hall–Kier alpha value is 0.210. The summed E-state index contributed by atoms with van der Waals surface area (Å²) in [5, 5.41) is 7.67. The van der Waals surface area contributed by atoms with Crippen LogP contribution in [0.15, 0.2) is 0 Å². The highest BCUT2D eigenvalue weighted by atomic mass is 35.5. The second-order valence-electron chi connectivity index (χ2n) is 11.9. The lowest BCUT2D eigenvalue weighted by Gasteiger charge is -2.54. The summed E-state index contributed by atoms with van der Waals surface area (Å²) in [7, 11) is 0. The number of halogens is 1. The molecule has 2 atom stereocenters. The topological polar surface area (TPSA) is 24.1 Å². The third-order valence-electron chi connectivity index (χ3n) is 8.59. The first-order valence-corrected chi connectivity index (χ1v) is 13.4. The quantitative estimate of drug-likeness (QED) is 0.266. The van der Waals surface area contributed by atoms with Crippen molar-refractivity contribution in [2.24, 2.45) is 41.4 Å². The molecule has 4 rings (SSSR count). The largest absolute Gasteiger partial charge is 0.315 e. The minimum atomic E-state index is 0. The molecule has 2 unspecified atom stereocenters. The predicted octanol–water partition coefficient (Wildman–Crippen LogP) is 7.07. The SMILES string of the molecule is CC(C)CCCC(C)CCCC(C)CCNCCNC1C2CC3CC(C2)CC1C3.Cl. The molecule has 3 heteroatoms. The molecule has 4 aliphatic carbocycles. The van der Waals surface area contributed by atoms with Crippen molar-refractivity contribution in [2.75, 3.05) is 19.6 Å². The Balaban J connectivity index is 0.00000320. The van der Waals surface area contributed by atoms with E-state index in [-0.39, 0.29) is 12.4 Å². The van der Waals surface area contributed by atoms with E-state index in [1.54, 1.807) is 6.42 Å². The van der Waals surface area contributed by atoms with Gasteiger partial charge in [0.05, 0.1) is 0 Å². The molecule has 4 bridgehead atoms. The summed E-state index contributed by atoms with van der Waals surface area (Å²) in [5.41, 5.74) is 0. The molecule has 4 aliphatic rings. The number of rotatable bonds is 15. The molecule has 30 heavy (non-hydrogen) atoms. The Morgan fingerprint density at radius 1 is 0.633 bits per heavy atom. The van der Waals surface area contributed by atoms with Crippen LogP contribution in [0.2, 0.25) is 0 Å². The van der Waals surface area contributed by atoms with Gasteiger partial charge in [0, 0.05) is 19.1 Å². The van der Waals surface area contributed by atoms with Crippen molar-refractivity contribution in [1.29, 1.82) is 0 Å². The number of hydrogen-bond donors (Lipinski definition) is 2. The molecule has 0 heterocycles. The summed E-state index contributed by atoms with van der Waals surface area (Å²) in [6, 6.07) is 0.853. The Labute approximate surface area is 194 Å². The normalized spacial score (nSPS) is 31.7. The summed E-state index contributed by atoms with van der Waals surface area (Å²) < 4.78 is 0. The molecule has 2 N–H and O–H groups in total. The highest BCUT2D eigenvalue weighted by Crippen LogP contribution is 2.53. The van der Waals surface area contributed by atoms with E-state index in [0.29, 0.717) is 0 Å². The summed E-state index contributed by atoms with van der Waals surface area (Å²) in [4.78, 5) is 0. The van der Waals surface area contributed by atoms with Gasteiger partial charge in [0.15, 0.2) is 0 Å². The van der Waals surface area contributed by atoms with Crippen LogP contribution in [0.4, 0.5) is 0 Å². The summed E-state index contributed by atoms with van der Waals surface area (Å²) >= 11 is 0. The third-order valence-corrected chi connectivity index (χ3v) is 8.59.